The molecule has 0 amide bonds. The highest BCUT2D eigenvalue weighted by atomic mass is 35.7. The van der Waals surface area contributed by atoms with E-state index in [1.807, 2.05) is 103 Å². The van der Waals surface area contributed by atoms with Crippen molar-refractivity contribution in [2.24, 2.45) is 0 Å². The monoisotopic (exact) mass is 448 g/mol. The Morgan fingerprint density at radius 1 is 0.613 bits per heavy atom. The van der Waals surface area contributed by atoms with Crippen LogP contribution in [0.4, 0.5) is 0 Å². The summed E-state index contributed by atoms with van der Waals surface area (Å²) in [6, 6.07) is 33.1. The van der Waals surface area contributed by atoms with Crippen molar-refractivity contribution in [3.05, 3.63) is 124 Å². The lowest BCUT2D eigenvalue weighted by Gasteiger charge is -2.21. The molecule has 0 fully saturated rings. The minimum Gasteiger partial charge on any atom is -0.182 e. The fourth-order valence-corrected chi connectivity index (χ4v) is 6.42. The van der Waals surface area contributed by atoms with Crippen LogP contribution < -0.4 is 19.2 Å². The summed E-state index contributed by atoms with van der Waals surface area (Å²) in [5.41, 5.74) is 4.77. The predicted octanol–water partition coefficient (Wildman–Crippen LogP) is 2.32. The van der Waals surface area contributed by atoms with Crippen molar-refractivity contribution in [1.82, 2.24) is 0 Å². The van der Waals surface area contributed by atoms with Gasteiger partial charge in [-0.2, -0.15) is 14.0 Å². The van der Waals surface area contributed by atoms with Gasteiger partial charge in [0.15, 0.2) is 0 Å². The predicted molar refractivity (Wildman–Crippen MR) is 112 cm³/mol. The Morgan fingerprint density at radius 3 is 1.90 bits per heavy atom. The molecule has 0 saturated heterocycles. The molecule has 154 valence electrons. The Labute approximate surface area is 184 Å². The van der Waals surface area contributed by atoms with Crippen LogP contribution in [0.2, 0.25) is 0 Å². The topological polar surface area (TPSA) is 78.4 Å². The molecular formula is C25H17ClO4S. The highest BCUT2D eigenvalue weighted by molar-refractivity contribution is 8.05. The first-order valence-corrected chi connectivity index (χ1v) is 12.0. The number of benzene rings is 4. The molecule has 0 N–H and O–H groups in total. The maximum absolute atomic E-state index is 11.6. The summed E-state index contributed by atoms with van der Waals surface area (Å²) in [6.45, 7) is 0. The molecule has 1 aliphatic heterocycles. The van der Waals surface area contributed by atoms with Crippen LogP contribution in [0.3, 0.4) is 0 Å². The summed E-state index contributed by atoms with van der Waals surface area (Å²) in [5, 5.41) is 0.853. The number of halogens is 1. The molecule has 0 spiro atoms. The SMILES string of the molecule is [O-][Cl+3]([O-])([O-])OS1=c2cc(-c3ccccc3)ccc2=C(c2ccccc2)c2ccccc21. The van der Waals surface area contributed by atoms with Gasteiger partial charge in [0, 0.05) is 0 Å². The van der Waals surface area contributed by atoms with Gasteiger partial charge >= 0.3 is 0 Å². The van der Waals surface area contributed by atoms with Crippen LogP contribution in [0, 0.1) is 14.8 Å². The van der Waals surface area contributed by atoms with Crippen molar-refractivity contribution in [2.75, 3.05) is 0 Å². The van der Waals surface area contributed by atoms with Gasteiger partial charge in [-0.1, -0.05) is 91.0 Å². The van der Waals surface area contributed by atoms with Crippen molar-refractivity contribution in [1.29, 1.82) is 0 Å². The second-order valence-corrected chi connectivity index (χ2v) is 9.70. The highest BCUT2D eigenvalue weighted by Crippen LogP contribution is 2.42. The summed E-state index contributed by atoms with van der Waals surface area (Å²) in [4.78, 5) is 0.672. The lowest BCUT2D eigenvalue weighted by molar-refractivity contribution is -1.91. The third-order valence-electron chi connectivity index (χ3n) is 5.12. The summed E-state index contributed by atoms with van der Waals surface area (Å²) >= 11 is 0. The molecule has 31 heavy (non-hydrogen) atoms. The van der Waals surface area contributed by atoms with Crippen molar-refractivity contribution in [3.8, 4) is 11.1 Å². The third-order valence-corrected chi connectivity index (χ3v) is 7.73. The minimum atomic E-state index is -4.61. The van der Waals surface area contributed by atoms with Gasteiger partial charge in [-0.25, -0.2) is 0 Å². The summed E-state index contributed by atoms with van der Waals surface area (Å²) in [7, 11) is -5.99. The van der Waals surface area contributed by atoms with Crippen LogP contribution in [0.1, 0.15) is 11.1 Å². The van der Waals surface area contributed by atoms with Crippen LogP contribution in [0.15, 0.2) is 108 Å². The number of rotatable bonds is 4. The smallest absolute Gasteiger partial charge is 0.148 e. The Balaban J connectivity index is 1.92. The number of hydrogen-bond donors (Lipinski definition) is 0. The molecule has 0 aliphatic carbocycles. The number of fused-ring (bicyclic) bond motifs is 2. The van der Waals surface area contributed by atoms with Gasteiger partial charge in [-0.15, -0.1) is 0 Å². The average Bonchev–Trinajstić information content (AvgIpc) is 2.79. The second-order valence-electron chi connectivity index (χ2n) is 7.02. The average molecular weight is 449 g/mol. The van der Waals surface area contributed by atoms with E-state index in [2.05, 4.69) is 0 Å². The normalized spacial score (nSPS) is 15.3. The van der Waals surface area contributed by atoms with Gasteiger partial charge in [0.1, 0.15) is 14.5 Å². The van der Waals surface area contributed by atoms with Crippen LogP contribution in [-0.4, -0.2) is 0 Å². The standard InChI is InChI=1S/C25H17ClO4S/c27-26(28,29)30-31-23-14-8-7-13-21(23)25(19-11-5-2-6-12-19)22-16-15-20(17-24(22)31)18-9-3-1-4-10-18/h1-17H. The van der Waals surface area contributed by atoms with Crippen LogP contribution in [-0.2, 0) is 3.74 Å². The summed E-state index contributed by atoms with van der Waals surface area (Å²) < 4.78 is 40.6. The zero-order chi connectivity index (χ0) is 21.4. The first-order valence-electron chi connectivity index (χ1n) is 9.58. The van der Waals surface area contributed by atoms with Gasteiger partial charge in [0.2, 0.25) is 0 Å². The first kappa shape index (κ1) is 20.2. The van der Waals surface area contributed by atoms with E-state index in [0.717, 1.165) is 33.0 Å². The molecule has 1 unspecified atom stereocenters. The number of hydrogen-bond acceptors (Lipinski definition) is 4. The molecule has 0 bridgehead atoms. The third kappa shape index (κ3) is 3.95. The molecule has 4 nitrogen and oxygen atoms in total. The molecule has 4 aromatic rings. The largest absolute Gasteiger partial charge is 0.182 e. The van der Waals surface area contributed by atoms with E-state index in [9.17, 15) is 14.0 Å². The molecular weight excluding hydrogens is 432 g/mol. The van der Waals surface area contributed by atoms with E-state index < -0.39 is 21.0 Å². The van der Waals surface area contributed by atoms with E-state index >= 15 is 0 Å². The summed E-state index contributed by atoms with van der Waals surface area (Å²) in [5.74, 6) is 0. The Morgan fingerprint density at radius 2 is 1.23 bits per heavy atom. The van der Waals surface area contributed by atoms with Crippen LogP contribution in [0.5, 0.6) is 0 Å². The van der Waals surface area contributed by atoms with Gasteiger partial charge in [0.05, 0.1) is 19.6 Å². The fourth-order valence-electron chi connectivity index (χ4n) is 3.85. The van der Waals surface area contributed by atoms with Gasteiger partial charge < -0.3 is 0 Å². The van der Waals surface area contributed by atoms with E-state index in [1.165, 1.54) is 0 Å². The highest BCUT2D eigenvalue weighted by Gasteiger charge is 2.30. The molecule has 1 heterocycles. The maximum Gasteiger partial charge on any atom is 0.148 e. The molecule has 0 radical (unpaired) electrons. The summed E-state index contributed by atoms with van der Waals surface area (Å²) in [6.07, 6.45) is 0. The zero-order valence-corrected chi connectivity index (χ0v) is 17.8. The van der Waals surface area contributed by atoms with Crippen molar-refractivity contribution >= 4 is 16.3 Å². The lowest BCUT2D eigenvalue weighted by atomic mass is 9.94. The van der Waals surface area contributed by atoms with Gasteiger partial charge in [-0.05, 0) is 45.2 Å². The van der Waals surface area contributed by atoms with Gasteiger partial charge in [-0.3, -0.25) is 0 Å². The van der Waals surface area contributed by atoms with Crippen LogP contribution in [0.25, 0.3) is 16.7 Å². The minimum absolute atomic E-state index is 0.672. The Bertz CT molecular complexity index is 1380. The molecule has 1 atom stereocenters. The molecule has 4 aromatic carbocycles. The van der Waals surface area contributed by atoms with E-state index in [1.54, 1.807) is 0 Å². The Hall–Kier alpha value is -2.77. The maximum atomic E-state index is 11.6. The molecule has 6 heteroatoms. The molecule has 5 rings (SSSR count). The fraction of sp³-hybridized carbons (Fsp3) is 0. The van der Waals surface area contributed by atoms with Crippen molar-refractivity contribution < 1.29 is 28.0 Å². The lowest BCUT2D eigenvalue weighted by Crippen LogP contribution is -2.60. The van der Waals surface area contributed by atoms with Crippen molar-refractivity contribution in [3.63, 3.8) is 0 Å². The van der Waals surface area contributed by atoms with Crippen molar-refractivity contribution in [2.45, 2.75) is 4.90 Å². The zero-order valence-electron chi connectivity index (χ0n) is 16.2. The second kappa shape index (κ2) is 8.05. The van der Waals surface area contributed by atoms with E-state index in [4.69, 9.17) is 3.74 Å². The van der Waals surface area contributed by atoms with Crippen LogP contribution >= 0.6 is 10.8 Å². The first-order chi connectivity index (χ1) is 15.0. The molecule has 0 aromatic heterocycles. The quantitative estimate of drug-likeness (QED) is 0.449. The van der Waals surface area contributed by atoms with Gasteiger partial charge in [0.25, 0.3) is 0 Å². The van der Waals surface area contributed by atoms with E-state index in [0.29, 0.717) is 9.41 Å². The Kier molecular flexibility index (Phi) is 5.24. The van der Waals surface area contributed by atoms with E-state index in [-0.39, 0.29) is 0 Å². The molecule has 0 saturated carbocycles. The molecule has 1 aliphatic rings.